The number of hydrogen-bond acceptors (Lipinski definition) is 7. The van der Waals surface area contributed by atoms with E-state index in [-0.39, 0.29) is 30.5 Å². The van der Waals surface area contributed by atoms with Gasteiger partial charge >= 0.3 is 0 Å². The van der Waals surface area contributed by atoms with E-state index in [4.69, 9.17) is 24.7 Å². The number of benzene rings is 2. The first-order valence-electron chi connectivity index (χ1n) is 11.9. The summed E-state index contributed by atoms with van der Waals surface area (Å²) in [6, 6.07) is 15.7. The second-order valence-corrected chi connectivity index (χ2v) is 9.40. The van der Waals surface area contributed by atoms with Gasteiger partial charge < -0.3 is 34.7 Å². The number of likely N-dealkylation sites (tertiary alicyclic amines) is 1. The zero-order valence-electron chi connectivity index (χ0n) is 19.2. The number of hydrogen-bond donors (Lipinski definition) is 2. The number of nitrogen functional groups attached to an aromatic ring is 1. The van der Waals surface area contributed by atoms with Gasteiger partial charge in [0.2, 0.25) is 0 Å². The highest BCUT2D eigenvalue weighted by Gasteiger charge is 2.43. The monoisotopic (exact) mass is 454 g/mol. The highest BCUT2D eigenvalue weighted by molar-refractivity contribution is 5.41. The average molecular weight is 455 g/mol. The minimum atomic E-state index is -0.491. The van der Waals surface area contributed by atoms with E-state index in [1.54, 1.807) is 0 Å². The van der Waals surface area contributed by atoms with Crippen LogP contribution in [0.15, 0.2) is 48.5 Å². The fourth-order valence-corrected chi connectivity index (χ4v) is 5.15. The lowest BCUT2D eigenvalue weighted by atomic mass is 9.89. The van der Waals surface area contributed by atoms with Gasteiger partial charge in [-0.2, -0.15) is 0 Å². The molecule has 2 aromatic carbocycles. The fraction of sp³-hybridized carbons (Fsp3) is 0.538. The van der Waals surface area contributed by atoms with Gasteiger partial charge in [-0.05, 0) is 23.3 Å². The van der Waals surface area contributed by atoms with Gasteiger partial charge in [-0.1, -0.05) is 43.3 Å². The molecular weight excluding hydrogens is 420 g/mol. The van der Waals surface area contributed by atoms with Crippen LogP contribution in [0.1, 0.15) is 48.8 Å². The molecule has 33 heavy (non-hydrogen) atoms. The normalized spacial score (nSPS) is 30.0. The molecule has 0 aromatic heterocycles. The van der Waals surface area contributed by atoms with Crippen LogP contribution in [0.3, 0.4) is 0 Å². The first-order chi connectivity index (χ1) is 16.0. The smallest absolute Gasteiger partial charge is 0.185 e. The van der Waals surface area contributed by atoms with E-state index in [0.717, 1.165) is 49.2 Å². The number of aliphatic hydroxyl groups is 1. The van der Waals surface area contributed by atoms with Gasteiger partial charge in [-0.3, -0.25) is 0 Å². The van der Waals surface area contributed by atoms with Crippen LogP contribution >= 0.6 is 0 Å². The van der Waals surface area contributed by atoms with E-state index >= 15 is 0 Å². The Hall–Kier alpha value is -2.00. The van der Waals surface area contributed by atoms with Crippen LogP contribution in [0, 0.1) is 5.92 Å². The first-order valence-corrected chi connectivity index (χ1v) is 11.9. The van der Waals surface area contributed by atoms with Crippen molar-refractivity contribution in [2.45, 2.75) is 50.7 Å². The van der Waals surface area contributed by atoms with Crippen LogP contribution in [0.2, 0.25) is 0 Å². The fourth-order valence-electron chi connectivity index (χ4n) is 5.15. The molecule has 3 saturated heterocycles. The van der Waals surface area contributed by atoms with Crippen LogP contribution in [0.4, 0.5) is 5.69 Å². The third-order valence-corrected chi connectivity index (χ3v) is 7.18. The van der Waals surface area contributed by atoms with E-state index in [9.17, 15) is 5.11 Å². The van der Waals surface area contributed by atoms with Crippen molar-refractivity contribution in [1.29, 1.82) is 0 Å². The molecule has 3 fully saturated rings. The summed E-state index contributed by atoms with van der Waals surface area (Å²) in [7, 11) is 0. The Balaban J connectivity index is 1.34. The molecule has 0 amide bonds. The number of rotatable bonds is 5. The van der Waals surface area contributed by atoms with Gasteiger partial charge in [0.05, 0.1) is 32.0 Å². The molecule has 1 unspecified atom stereocenters. The molecule has 7 nitrogen and oxygen atoms in total. The maximum Gasteiger partial charge on any atom is 0.185 e. The zero-order chi connectivity index (χ0) is 22.8. The second-order valence-electron chi connectivity index (χ2n) is 9.40. The van der Waals surface area contributed by atoms with Crippen molar-refractivity contribution >= 4 is 5.69 Å². The lowest BCUT2D eigenvalue weighted by Gasteiger charge is -2.44. The summed E-state index contributed by atoms with van der Waals surface area (Å²) in [4.78, 5) is 2.45. The quantitative estimate of drug-likeness (QED) is 0.670. The first kappa shape index (κ1) is 22.8. The van der Waals surface area contributed by atoms with Crippen LogP contribution in [-0.4, -0.2) is 54.7 Å². The van der Waals surface area contributed by atoms with E-state index in [1.165, 1.54) is 0 Å². The lowest BCUT2D eigenvalue weighted by Crippen LogP contribution is -2.50. The van der Waals surface area contributed by atoms with E-state index in [0.29, 0.717) is 18.9 Å². The Morgan fingerprint density at radius 3 is 2.39 bits per heavy atom. The van der Waals surface area contributed by atoms with Gasteiger partial charge in [-0.15, -0.1) is 0 Å². The van der Waals surface area contributed by atoms with Crippen LogP contribution in [0.5, 0.6) is 0 Å². The summed E-state index contributed by atoms with van der Waals surface area (Å²) >= 11 is 0. The molecule has 3 aliphatic heterocycles. The summed E-state index contributed by atoms with van der Waals surface area (Å²) in [6.07, 6.45) is 1.15. The molecule has 7 heteroatoms. The highest BCUT2D eigenvalue weighted by atomic mass is 16.7. The van der Waals surface area contributed by atoms with Crippen LogP contribution in [0.25, 0.3) is 0 Å². The van der Waals surface area contributed by atoms with Crippen LogP contribution in [-0.2, 0) is 25.6 Å². The van der Waals surface area contributed by atoms with Crippen molar-refractivity contribution in [3.63, 3.8) is 0 Å². The minimum absolute atomic E-state index is 0.00726. The Morgan fingerprint density at radius 2 is 1.73 bits per heavy atom. The molecule has 0 radical (unpaired) electrons. The molecular formula is C26H34N2O5. The lowest BCUT2D eigenvalue weighted by molar-refractivity contribution is -0.278. The van der Waals surface area contributed by atoms with Gasteiger partial charge in [-0.25, -0.2) is 0 Å². The van der Waals surface area contributed by atoms with E-state index in [1.807, 2.05) is 48.5 Å². The molecule has 3 N–H and O–H groups in total. The topological polar surface area (TPSA) is 86.4 Å². The van der Waals surface area contributed by atoms with Crippen molar-refractivity contribution < 1.29 is 24.1 Å². The number of anilines is 1. The number of aliphatic hydroxyl groups excluding tert-OH is 1. The van der Waals surface area contributed by atoms with Crippen molar-refractivity contribution in [1.82, 2.24) is 4.90 Å². The molecule has 2 aromatic rings. The summed E-state index contributed by atoms with van der Waals surface area (Å²) in [5.74, 6) is -0.225. The summed E-state index contributed by atoms with van der Waals surface area (Å²) in [5, 5.41) is 9.42. The summed E-state index contributed by atoms with van der Waals surface area (Å²) in [6.45, 7) is 6.28. The van der Waals surface area contributed by atoms with E-state index < -0.39 is 6.29 Å². The van der Waals surface area contributed by atoms with E-state index in [2.05, 4.69) is 11.8 Å². The Kier molecular flexibility index (Phi) is 6.69. The summed E-state index contributed by atoms with van der Waals surface area (Å²) in [5.41, 5.74) is 9.64. The average Bonchev–Trinajstić information content (AvgIpc) is 3.30. The van der Waals surface area contributed by atoms with Crippen LogP contribution < -0.4 is 5.73 Å². The maximum absolute atomic E-state index is 9.42. The molecule has 0 bridgehead atoms. The molecule has 3 aliphatic rings. The zero-order valence-corrected chi connectivity index (χ0v) is 19.2. The standard InChI is InChI=1S/C26H34N2O5/c1-18-23(16-28-11-9-26(10-12-28)30-13-14-31-26)32-25(21-3-2-4-22(27)15-21)33-24(18)20-7-5-19(17-29)6-8-20/h2-8,15,18,23-25,29H,9-14,16-17,27H2,1H3/t18-,23+,24+,25?/m0/s1. The molecule has 5 rings (SSSR count). The van der Waals surface area contributed by atoms with Crippen molar-refractivity contribution in [2.75, 3.05) is 38.6 Å². The van der Waals surface area contributed by atoms with Gasteiger partial charge in [0, 0.05) is 49.6 Å². The van der Waals surface area contributed by atoms with Crippen molar-refractivity contribution in [3.8, 4) is 0 Å². The highest BCUT2D eigenvalue weighted by Crippen LogP contribution is 2.42. The van der Waals surface area contributed by atoms with Gasteiger partial charge in [0.25, 0.3) is 0 Å². The third kappa shape index (κ3) is 4.94. The third-order valence-electron chi connectivity index (χ3n) is 7.18. The number of nitrogens with two attached hydrogens (primary N) is 1. The van der Waals surface area contributed by atoms with Crippen molar-refractivity contribution in [3.05, 3.63) is 65.2 Å². The molecule has 4 atom stereocenters. The predicted molar refractivity (Wildman–Crippen MR) is 124 cm³/mol. The van der Waals surface area contributed by atoms with Crippen molar-refractivity contribution in [2.24, 2.45) is 5.92 Å². The molecule has 3 heterocycles. The minimum Gasteiger partial charge on any atom is -0.399 e. The summed E-state index contributed by atoms with van der Waals surface area (Å²) < 4.78 is 24.8. The Morgan fingerprint density at radius 1 is 1.00 bits per heavy atom. The van der Waals surface area contributed by atoms with Gasteiger partial charge in [0.15, 0.2) is 12.1 Å². The molecule has 0 aliphatic carbocycles. The largest absolute Gasteiger partial charge is 0.399 e. The van der Waals surface area contributed by atoms with Gasteiger partial charge in [0.1, 0.15) is 0 Å². The second kappa shape index (κ2) is 9.70. The molecule has 0 saturated carbocycles. The maximum atomic E-state index is 9.42. The predicted octanol–water partition coefficient (Wildman–Crippen LogP) is 3.39. The Labute approximate surface area is 195 Å². The number of piperidine rings is 1. The molecule has 1 spiro atoms. The number of nitrogens with zero attached hydrogens (tertiary/aromatic N) is 1. The number of ether oxygens (including phenoxy) is 4. The SMILES string of the molecule is C[C@H]1[C@@H](CN2CCC3(CC2)OCCO3)OC(c2cccc(N)c2)O[C@H]1c1ccc(CO)cc1. The molecule has 178 valence electrons. The Bertz CT molecular complexity index is 921.